The second kappa shape index (κ2) is 7.03. The van der Waals surface area contributed by atoms with Gasteiger partial charge in [0.25, 0.3) is 0 Å². The zero-order valence-corrected chi connectivity index (χ0v) is 10.5. The maximum atomic E-state index is 5.59. The summed E-state index contributed by atoms with van der Waals surface area (Å²) in [4.78, 5) is 10.4. The Morgan fingerprint density at radius 2 is 1.88 bits per heavy atom. The molecule has 0 spiro atoms. The first-order valence-electron chi connectivity index (χ1n) is 5.84. The first-order chi connectivity index (χ1) is 8.24. The van der Waals surface area contributed by atoms with Crippen LogP contribution in [0.3, 0.4) is 0 Å². The molecule has 0 aliphatic carbocycles. The Balaban J connectivity index is 2.97. The minimum Gasteiger partial charge on any atom is -0.478 e. The third kappa shape index (κ3) is 3.54. The average Bonchev–Trinajstić information content (AvgIpc) is 2.32. The fraction of sp³-hybridized carbons (Fsp3) is 0.636. The van der Waals surface area contributed by atoms with Gasteiger partial charge in [-0.1, -0.05) is 0 Å². The van der Waals surface area contributed by atoms with Crippen molar-refractivity contribution in [1.82, 2.24) is 9.97 Å². The zero-order chi connectivity index (χ0) is 12.7. The van der Waals surface area contributed by atoms with E-state index in [1.165, 1.54) is 6.33 Å². The second-order valence-electron chi connectivity index (χ2n) is 3.62. The highest BCUT2D eigenvalue weighted by Crippen LogP contribution is 2.23. The first kappa shape index (κ1) is 13.7. The maximum Gasteiger partial charge on any atom is 0.221 e. The van der Waals surface area contributed by atoms with Crippen LogP contribution in [-0.4, -0.2) is 42.8 Å². The fourth-order valence-electron chi connectivity index (χ4n) is 1.66. The summed E-state index contributed by atoms with van der Waals surface area (Å²) in [6.07, 6.45) is 1.51. The summed E-state index contributed by atoms with van der Waals surface area (Å²) >= 11 is 0. The van der Waals surface area contributed by atoms with Crippen LogP contribution < -0.4 is 21.1 Å². The predicted octanol–water partition coefficient (Wildman–Crippen LogP) is -0.0925. The average molecular weight is 239 g/mol. The Morgan fingerprint density at radius 1 is 1.24 bits per heavy atom. The van der Waals surface area contributed by atoms with E-state index >= 15 is 0 Å². The fourth-order valence-corrected chi connectivity index (χ4v) is 1.66. The number of rotatable bonds is 7. The smallest absolute Gasteiger partial charge is 0.221 e. The van der Waals surface area contributed by atoms with Crippen molar-refractivity contribution in [3.05, 3.63) is 11.9 Å². The molecule has 1 aromatic rings. The molecular weight excluding hydrogens is 218 g/mol. The van der Waals surface area contributed by atoms with E-state index in [4.69, 9.17) is 16.2 Å². The van der Waals surface area contributed by atoms with Gasteiger partial charge in [-0.25, -0.2) is 9.97 Å². The minimum atomic E-state index is 0.563. The Labute approximate surface area is 102 Å². The Bertz CT molecular complexity index is 339. The van der Waals surface area contributed by atoms with Crippen molar-refractivity contribution in [2.24, 2.45) is 11.5 Å². The van der Waals surface area contributed by atoms with Crippen molar-refractivity contribution < 1.29 is 4.74 Å². The Morgan fingerprint density at radius 3 is 2.41 bits per heavy atom. The van der Waals surface area contributed by atoms with Crippen LogP contribution >= 0.6 is 0 Å². The standard InChI is InChI=1S/C11H21N5O/c1-3-17-11-9(2)10(14-8-15-11)16(6-4-12)7-5-13/h8H,3-7,12-13H2,1-2H3. The lowest BCUT2D eigenvalue weighted by Crippen LogP contribution is -2.35. The predicted molar refractivity (Wildman–Crippen MR) is 68.3 cm³/mol. The van der Waals surface area contributed by atoms with Gasteiger partial charge in [-0.15, -0.1) is 0 Å². The van der Waals surface area contributed by atoms with E-state index in [1.54, 1.807) is 0 Å². The van der Waals surface area contributed by atoms with Gasteiger partial charge in [-0.2, -0.15) is 0 Å². The molecule has 0 aliphatic heterocycles. The SMILES string of the molecule is CCOc1ncnc(N(CCN)CCN)c1C. The molecule has 0 aromatic carbocycles. The van der Waals surface area contributed by atoms with Crippen LogP contribution in [0.4, 0.5) is 5.82 Å². The molecule has 1 rings (SSSR count). The van der Waals surface area contributed by atoms with Crippen molar-refractivity contribution in [1.29, 1.82) is 0 Å². The molecule has 0 fully saturated rings. The molecule has 6 nitrogen and oxygen atoms in total. The van der Waals surface area contributed by atoms with E-state index in [0.717, 1.165) is 24.5 Å². The largest absolute Gasteiger partial charge is 0.478 e. The lowest BCUT2D eigenvalue weighted by atomic mass is 10.3. The van der Waals surface area contributed by atoms with Gasteiger partial charge >= 0.3 is 0 Å². The lowest BCUT2D eigenvalue weighted by molar-refractivity contribution is 0.323. The van der Waals surface area contributed by atoms with E-state index < -0.39 is 0 Å². The van der Waals surface area contributed by atoms with E-state index in [-0.39, 0.29) is 0 Å². The van der Waals surface area contributed by atoms with Gasteiger partial charge in [-0.3, -0.25) is 0 Å². The molecule has 0 saturated carbocycles. The van der Waals surface area contributed by atoms with Crippen molar-refractivity contribution >= 4 is 5.82 Å². The van der Waals surface area contributed by atoms with Crippen molar-refractivity contribution in [3.63, 3.8) is 0 Å². The molecule has 0 unspecified atom stereocenters. The molecule has 0 saturated heterocycles. The molecule has 0 radical (unpaired) electrons. The topological polar surface area (TPSA) is 90.3 Å². The zero-order valence-electron chi connectivity index (χ0n) is 10.5. The van der Waals surface area contributed by atoms with Crippen LogP contribution in [0.1, 0.15) is 12.5 Å². The highest BCUT2D eigenvalue weighted by Gasteiger charge is 2.13. The second-order valence-corrected chi connectivity index (χ2v) is 3.62. The summed E-state index contributed by atoms with van der Waals surface area (Å²) in [5, 5.41) is 0. The molecule has 96 valence electrons. The summed E-state index contributed by atoms with van der Waals surface area (Å²) in [5.74, 6) is 1.47. The van der Waals surface area contributed by atoms with E-state index in [2.05, 4.69) is 14.9 Å². The van der Waals surface area contributed by atoms with Crippen LogP contribution in [0, 0.1) is 6.92 Å². The van der Waals surface area contributed by atoms with Crippen molar-refractivity contribution in [2.75, 3.05) is 37.7 Å². The van der Waals surface area contributed by atoms with Crippen LogP contribution in [0.2, 0.25) is 0 Å². The molecule has 0 bridgehead atoms. The van der Waals surface area contributed by atoms with Gasteiger partial charge in [0.15, 0.2) is 0 Å². The molecule has 6 heteroatoms. The van der Waals surface area contributed by atoms with Gasteiger partial charge in [0, 0.05) is 26.2 Å². The lowest BCUT2D eigenvalue weighted by Gasteiger charge is -2.24. The molecule has 1 aromatic heterocycles. The summed E-state index contributed by atoms with van der Waals surface area (Å²) < 4.78 is 5.44. The highest BCUT2D eigenvalue weighted by molar-refractivity contribution is 5.50. The molecule has 0 amide bonds. The van der Waals surface area contributed by atoms with Crippen LogP contribution in [0.25, 0.3) is 0 Å². The Hall–Kier alpha value is -1.40. The third-order valence-corrected chi connectivity index (χ3v) is 2.39. The number of anilines is 1. The highest BCUT2D eigenvalue weighted by atomic mass is 16.5. The Kier molecular flexibility index (Phi) is 5.65. The van der Waals surface area contributed by atoms with Gasteiger partial charge in [0.2, 0.25) is 5.88 Å². The number of nitrogens with two attached hydrogens (primary N) is 2. The van der Waals surface area contributed by atoms with E-state index in [1.807, 2.05) is 13.8 Å². The molecule has 17 heavy (non-hydrogen) atoms. The van der Waals surface area contributed by atoms with Crippen LogP contribution in [-0.2, 0) is 0 Å². The molecule has 0 atom stereocenters. The van der Waals surface area contributed by atoms with Gasteiger partial charge < -0.3 is 21.1 Å². The summed E-state index contributed by atoms with van der Waals surface area (Å²) in [6.45, 7) is 7.03. The summed E-state index contributed by atoms with van der Waals surface area (Å²) in [7, 11) is 0. The van der Waals surface area contributed by atoms with Gasteiger partial charge in [-0.05, 0) is 13.8 Å². The molecule has 1 heterocycles. The minimum absolute atomic E-state index is 0.563. The molecular formula is C11H21N5O. The number of aromatic nitrogens is 2. The normalized spacial score (nSPS) is 10.4. The maximum absolute atomic E-state index is 5.59. The summed E-state index contributed by atoms with van der Waals surface area (Å²) in [5.41, 5.74) is 12.1. The van der Waals surface area contributed by atoms with Crippen LogP contribution in [0.15, 0.2) is 6.33 Å². The first-order valence-corrected chi connectivity index (χ1v) is 5.84. The summed E-state index contributed by atoms with van der Waals surface area (Å²) in [6, 6.07) is 0. The molecule has 0 aliphatic rings. The van der Waals surface area contributed by atoms with E-state index in [0.29, 0.717) is 25.6 Å². The van der Waals surface area contributed by atoms with Crippen molar-refractivity contribution in [3.8, 4) is 5.88 Å². The van der Waals surface area contributed by atoms with Gasteiger partial charge in [0.1, 0.15) is 12.1 Å². The number of hydrogen-bond donors (Lipinski definition) is 2. The van der Waals surface area contributed by atoms with Crippen LogP contribution in [0.5, 0.6) is 5.88 Å². The number of ether oxygens (including phenoxy) is 1. The number of nitrogens with zero attached hydrogens (tertiary/aromatic N) is 3. The quantitative estimate of drug-likeness (QED) is 0.691. The van der Waals surface area contributed by atoms with Gasteiger partial charge in [0.05, 0.1) is 12.2 Å². The van der Waals surface area contributed by atoms with E-state index in [9.17, 15) is 0 Å². The number of hydrogen-bond acceptors (Lipinski definition) is 6. The third-order valence-electron chi connectivity index (χ3n) is 2.39. The molecule has 4 N–H and O–H groups in total. The monoisotopic (exact) mass is 239 g/mol. The van der Waals surface area contributed by atoms with Crippen molar-refractivity contribution in [2.45, 2.75) is 13.8 Å².